The van der Waals surface area contributed by atoms with Crippen LogP contribution in [0.3, 0.4) is 0 Å². The maximum atomic E-state index is 2.33. The molecule has 1 aromatic rings. The van der Waals surface area contributed by atoms with E-state index in [1.165, 1.54) is 28.8 Å². The summed E-state index contributed by atoms with van der Waals surface area (Å²) >= 11 is 0. The second-order valence-corrected chi connectivity index (χ2v) is 3.75. The Morgan fingerprint density at radius 2 is 1.71 bits per heavy atom. The highest BCUT2D eigenvalue weighted by atomic mass is 14.1. The van der Waals surface area contributed by atoms with E-state index >= 15 is 0 Å². The van der Waals surface area contributed by atoms with Crippen molar-refractivity contribution in [2.45, 2.75) is 47.0 Å². The highest BCUT2D eigenvalue weighted by Crippen LogP contribution is 2.15. The third-order valence-corrected chi connectivity index (χ3v) is 2.96. The predicted octanol–water partition coefficient (Wildman–Crippen LogP) is 3.58. The van der Waals surface area contributed by atoms with Crippen molar-refractivity contribution < 1.29 is 0 Å². The first-order valence-corrected chi connectivity index (χ1v) is 6.93. The fraction of sp³-hybridized carbons (Fsp3) is 0.412. The first-order valence-electron chi connectivity index (χ1n) is 6.93. The highest BCUT2D eigenvalue weighted by molar-refractivity contribution is 5.63. The maximum Gasteiger partial charge on any atom is -0.0123 e. The molecule has 92 valence electrons. The zero-order valence-electron chi connectivity index (χ0n) is 11.6. The molecule has 1 aromatic carbocycles. The molecule has 0 bridgehead atoms. The molecule has 2 aliphatic rings. The van der Waals surface area contributed by atoms with Gasteiger partial charge in [0.2, 0.25) is 0 Å². The van der Waals surface area contributed by atoms with Crippen LogP contribution in [0.5, 0.6) is 0 Å². The molecule has 17 heavy (non-hydrogen) atoms. The van der Waals surface area contributed by atoms with Crippen LogP contribution in [-0.4, -0.2) is 0 Å². The molecule has 2 aliphatic carbocycles. The third kappa shape index (κ3) is 2.88. The van der Waals surface area contributed by atoms with Gasteiger partial charge >= 0.3 is 0 Å². The van der Waals surface area contributed by atoms with Crippen LogP contribution in [0, 0.1) is 0 Å². The van der Waals surface area contributed by atoms with Crippen molar-refractivity contribution in [3.05, 3.63) is 46.4 Å². The number of benzene rings is 1. The van der Waals surface area contributed by atoms with Gasteiger partial charge in [0.1, 0.15) is 0 Å². The van der Waals surface area contributed by atoms with Gasteiger partial charge in [-0.1, -0.05) is 64.1 Å². The Balaban J connectivity index is 0.000000330. The summed E-state index contributed by atoms with van der Waals surface area (Å²) in [5.74, 6) is 0. The average molecular weight is 228 g/mol. The van der Waals surface area contributed by atoms with Crippen molar-refractivity contribution in [3.8, 4) is 0 Å². The van der Waals surface area contributed by atoms with Crippen LogP contribution < -0.4 is 10.4 Å². The van der Waals surface area contributed by atoms with Crippen LogP contribution in [0.15, 0.2) is 30.4 Å². The summed E-state index contributed by atoms with van der Waals surface area (Å²) in [6.45, 7) is 8.00. The SMILES string of the molecule is C1=CC2=c3c(cccc3=CC1)CC2.CC.CC. The quantitative estimate of drug-likeness (QED) is 0.637. The molecule has 0 spiro atoms. The summed E-state index contributed by atoms with van der Waals surface area (Å²) < 4.78 is 0. The lowest BCUT2D eigenvalue weighted by molar-refractivity contribution is 1.06. The van der Waals surface area contributed by atoms with Crippen molar-refractivity contribution in [2.75, 3.05) is 0 Å². The maximum absolute atomic E-state index is 2.33. The zero-order chi connectivity index (χ0) is 12.7. The van der Waals surface area contributed by atoms with Crippen molar-refractivity contribution in [1.82, 2.24) is 0 Å². The zero-order valence-corrected chi connectivity index (χ0v) is 11.6. The van der Waals surface area contributed by atoms with E-state index in [0.717, 1.165) is 6.42 Å². The van der Waals surface area contributed by atoms with E-state index in [1.54, 1.807) is 5.57 Å². The van der Waals surface area contributed by atoms with Crippen LogP contribution >= 0.6 is 0 Å². The van der Waals surface area contributed by atoms with Gasteiger partial charge in [0, 0.05) is 0 Å². The van der Waals surface area contributed by atoms with Gasteiger partial charge < -0.3 is 0 Å². The molecule has 0 unspecified atom stereocenters. The van der Waals surface area contributed by atoms with E-state index < -0.39 is 0 Å². The number of allylic oxidation sites excluding steroid dienone is 2. The van der Waals surface area contributed by atoms with E-state index in [1.807, 2.05) is 27.7 Å². The summed E-state index contributed by atoms with van der Waals surface area (Å²) in [7, 11) is 0. The molecule has 0 saturated carbocycles. The largest absolute Gasteiger partial charge is 0.0804 e. The second-order valence-electron chi connectivity index (χ2n) is 3.75. The van der Waals surface area contributed by atoms with Crippen LogP contribution in [0.4, 0.5) is 0 Å². The smallest absolute Gasteiger partial charge is 0.0123 e. The summed E-state index contributed by atoms with van der Waals surface area (Å²) in [5.41, 5.74) is 3.08. The Hall–Kier alpha value is -1.30. The van der Waals surface area contributed by atoms with E-state index in [2.05, 4.69) is 36.4 Å². The molecule has 0 heteroatoms. The molecule has 0 aliphatic heterocycles. The molecule has 0 amide bonds. The predicted molar refractivity (Wildman–Crippen MR) is 78.3 cm³/mol. The van der Waals surface area contributed by atoms with Crippen LogP contribution in [-0.2, 0) is 6.42 Å². The van der Waals surface area contributed by atoms with Crippen molar-refractivity contribution in [3.63, 3.8) is 0 Å². The fourth-order valence-electron chi connectivity index (χ4n) is 2.36. The molecule has 0 fully saturated rings. The second kappa shape index (κ2) is 7.11. The summed E-state index contributed by atoms with van der Waals surface area (Å²) in [6.07, 6.45) is 10.4. The number of aryl methyl sites for hydroxylation is 1. The molecule has 0 aromatic heterocycles. The van der Waals surface area contributed by atoms with Crippen molar-refractivity contribution in [1.29, 1.82) is 0 Å². The first kappa shape index (κ1) is 13.8. The van der Waals surface area contributed by atoms with E-state index in [0.29, 0.717) is 0 Å². The summed E-state index contributed by atoms with van der Waals surface area (Å²) in [6, 6.07) is 6.68. The topological polar surface area (TPSA) is 0 Å². The van der Waals surface area contributed by atoms with Gasteiger partial charge in [-0.2, -0.15) is 0 Å². The Kier molecular flexibility index (Phi) is 5.76. The Labute approximate surface area is 105 Å². The van der Waals surface area contributed by atoms with Gasteiger partial charge in [0.05, 0.1) is 0 Å². The standard InChI is InChI=1S/C13H12.2C2H6/c1-2-5-11-8-9-12-7-3-6-10(4-1)13(11)12;2*1-2/h2-7H,1,8-9H2;2*1-2H3. The normalized spacial score (nSPS) is 14.5. The van der Waals surface area contributed by atoms with Crippen LogP contribution in [0.1, 0.15) is 46.1 Å². The van der Waals surface area contributed by atoms with Crippen LogP contribution in [0.25, 0.3) is 11.6 Å². The minimum atomic E-state index is 1.08. The van der Waals surface area contributed by atoms with Gasteiger partial charge in [-0.15, -0.1) is 0 Å². The van der Waals surface area contributed by atoms with Crippen molar-refractivity contribution in [2.24, 2.45) is 0 Å². The summed E-state index contributed by atoms with van der Waals surface area (Å²) in [4.78, 5) is 0. The van der Waals surface area contributed by atoms with E-state index in [9.17, 15) is 0 Å². The van der Waals surface area contributed by atoms with Crippen molar-refractivity contribution >= 4 is 11.6 Å². The lowest BCUT2D eigenvalue weighted by Gasteiger charge is -1.93. The molecule has 0 nitrogen and oxygen atoms in total. The minimum Gasteiger partial charge on any atom is -0.0804 e. The Bertz CT molecular complexity index is 489. The molecule has 3 rings (SSSR count). The first-order chi connectivity index (χ1) is 8.45. The molecular formula is C17H24. The fourth-order valence-corrected chi connectivity index (χ4v) is 2.36. The number of hydrogen-bond acceptors (Lipinski definition) is 0. The molecule has 0 radical (unpaired) electrons. The van der Waals surface area contributed by atoms with E-state index in [-0.39, 0.29) is 0 Å². The van der Waals surface area contributed by atoms with Gasteiger partial charge in [-0.05, 0) is 40.8 Å². The monoisotopic (exact) mass is 228 g/mol. The Morgan fingerprint density at radius 3 is 2.47 bits per heavy atom. The lowest BCUT2D eigenvalue weighted by Crippen LogP contribution is -2.26. The molecule has 0 N–H and O–H groups in total. The van der Waals surface area contributed by atoms with Gasteiger partial charge in [0.15, 0.2) is 0 Å². The number of rotatable bonds is 0. The van der Waals surface area contributed by atoms with Gasteiger partial charge in [0.25, 0.3) is 0 Å². The van der Waals surface area contributed by atoms with Gasteiger partial charge in [-0.25, -0.2) is 0 Å². The van der Waals surface area contributed by atoms with Gasteiger partial charge in [-0.3, -0.25) is 0 Å². The molecule has 0 saturated heterocycles. The Morgan fingerprint density at radius 1 is 0.941 bits per heavy atom. The molecule has 0 atom stereocenters. The highest BCUT2D eigenvalue weighted by Gasteiger charge is 2.10. The third-order valence-electron chi connectivity index (χ3n) is 2.96. The minimum absolute atomic E-state index is 1.08. The molecule has 0 heterocycles. The van der Waals surface area contributed by atoms with Crippen LogP contribution in [0.2, 0.25) is 0 Å². The lowest BCUT2D eigenvalue weighted by atomic mass is 10.1. The van der Waals surface area contributed by atoms with E-state index in [4.69, 9.17) is 0 Å². The summed E-state index contributed by atoms with van der Waals surface area (Å²) in [5, 5.41) is 2.96. The average Bonchev–Trinajstić information content (AvgIpc) is 2.71. The molecular weight excluding hydrogens is 204 g/mol. The number of hydrogen-bond donors (Lipinski definition) is 0.